The Hall–Kier alpha value is -1.81. The highest BCUT2D eigenvalue weighted by Crippen LogP contribution is 2.18. The molecule has 0 atom stereocenters. The lowest BCUT2D eigenvalue weighted by molar-refractivity contribution is -0.918. The van der Waals surface area contributed by atoms with Crippen LogP contribution in [0.3, 0.4) is 0 Å². The number of H-pyrrole nitrogens is 1. The molecule has 1 aliphatic heterocycles. The number of hydrogen-bond donors (Lipinski definition) is 2. The molecule has 2 heterocycles. The monoisotopic (exact) mass is 301 g/mol. The molecule has 0 saturated carbocycles. The molecule has 1 fully saturated rings. The van der Waals surface area contributed by atoms with Gasteiger partial charge in [0.05, 0.1) is 25.3 Å². The molecular formula is C18H25N2O2+. The quantitative estimate of drug-likeness (QED) is 0.904. The van der Waals surface area contributed by atoms with Crippen LogP contribution in [0.15, 0.2) is 23.0 Å². The van der Waals surface area contributed by atoms with Gasteiger partial charge in [-0.3, -0.25) is 4.79 Å². The zero-order chi connectivity index (χ0) is 15.5. The van der Waals surface area contributed by atoms with Crippen molar-refractivity contribution in [3.8, 4) is 5.75 Å². The van der Waals surface area contributed by atoms with Crippen LogP contribution >= 0.6 is 0 Å². The maximum Gasteiger partial charge on any atom is 0.198 e. The van der Waals surface area contributed by atoms with Crippen LogP contribution in [0.5, 0.6) is 5.75 Å². The minimum Gasteiger partial charge on any atom is -0.494 e. The Morgan fingerprint density at radius 2 is 2.00 bits per heavy atom. The number of rotatable bonds is 4. The molecule has 4 nitrogen and oxygen atoms in total. The lowest BCUT2D eigenvalue weighted by Crippen LogP contribution is -3.11. The van der Waals surface area contributed by atoms with Crippen molar-refractivity contribution in [2.24, 2.45) is 0 Å². The van der Waals surface area contributed by atoms with Gasteiger partial charge in [-0.25, -0.2) is 0 Å². The summed E-state index contributed by atoms with van der Waals surface area (Å²) >= 11 is 0. The molecule has 118 valence electrons. The van der Waals surface area contributed by atoms with Crippen molar-refractivity contribution in [1.29, 1.82) is 0 Å². The molecule has 0 amide bonds. The fraction of sp³-hybridized carbons (Fsp3) is 0.500. The molecule has 0 unspecified atom stereocenters. The summed E-state index contributed by atoms with van der Waals surface area (Å²) in [5, 5.41) is 0.739. The van der Waals surface area contributed by atoms with Gasteiger partial charge in [-0.2, -0.15) is 0 Å². The summed E-state index contributed by atoms with van der Waals surface area (Å²) in [6.07, 6.45) is 3.87. The van der Waals surface area contributed by atoms with Gasteiger partial charge >= 0.3 is 0 Å². The first-order chi connectivity index (χ1) is 10.7. The van der Waals surface area contributed by atoms with E-state index in [-0.39, 0.29) is 5.43 Å². The first-order valence-corrected chi connectivity index (χ1v) is 8.31. The smallest absolute Gasteiger partial charge is 0.198 e. The molecular weight excluding hydrogens is 276 g/mol. The fourth-order valence-corrected chi connectivity index (χ4v) is 3.38. The second-order valence-electron chi connectivity index (χ2n) is 6.19. The number of pyridine rings is 1. The number of quaternary nitrogens is 1. The van der Waals surface area contributed by atoms with Crippen LogP contribution in [0, 0.1) is 6.92 Å². The van der Waals surface area contributed by atoms with Gasteiger partial charge in [-0.05, 0) is 51.3 Å². The van der Waals surface area contributed by atoms with Crippen LogP contribution in [0.1, 0.15) is 37.4 Å². The third-order valence-corrected chi connectivity index (χ3v) is 4.58. The minimum atomic E-state index is 0.158. The van der Waals surface area contributed by atoms with Gasteiger partial charge in [0.25, 0.3) is 0 Å². The second kappa shape index (κ2) is 6.53. The maximum atomic E-state index is 12.9. The van der Waals surface area contributed by atoms with Crippen LogP contribution < -0.4 is 15.1 Å². The molecule has 2 N–H and O–H groups in total. The first kappa shape index (κ1) is 15.1. The molecule has 2 aromatic rings. The van der Waals surface area contributed by atoms with Crippen LogP contribution in [-0.2, 0) is 6.54 Å². The van der Waals surface area contributed by atoms with Crippen LogP contribution in [0.4, 0.5) is 0 Å². The summed E-state index contributed by atoms with van der Waals surface area (Å²) in [7, 11) is 0. The Morgan fingerprint density at radius 1 is 1.23 bits per heavy atom. The normalized spacial score (nSPS) is 16.1. The average molecular weight is 301 g/mol. The van der Waals surface area contributed by atoms with Gasteiger partial charge in [-0.1, -0.05) is 0 Å². The largest absolute Gasteiger partial charge is 0.494 e. The van der Waals surface area contributed by atoms with E-state index >= 15 is 0 Å². The van der Waals surface area contributed by atoms with Crippen molar-refractivity contribution >= 4 is 10.9 Å². The van der Waals surface area contributed by atoms with Gasteiger partial charge in [-0.15, -0.1) is 0 Å². The lowest BCUT2D eigenvalue weighted by Gasteiger charge is -2.24. The summed E-state index contributed by atoms with van der Waals surface area (Å²) < 4.78 is 5.53. The summed E-state index contributed by atoms with van der Waals surface area (Å²) in [6, 6.07) is 5.72. The molecule has 0 radical (unpaired) electrons. The van der Waals surface area contributed by atoms with Crippen molar-refractivity contribution in [2.45, 2.75) is 39.7 Å². The van der Waals surface area contributed by atoms with E-state index < -0.39 is 0 Å². The molecule has 0 bridgehead atoms. The van der Waals surface area contributed by atoms with E-state index in [1.165, 1.54) is 37.3 Å². The zero-order valence-corrected chi connectivity index (χ0v) is 13.5. The van der Waals surface area contributed by atoms with Gasteiger partial charge < -0.3 is 14.6 Å². The van der Waals surface area contributed by atoms with Crippen molar-refractivity contribution in [3.05, 3.63) is 39.7 Å². The number of aromatic nitrogens is 1. The highest BCUT2D eigenvalue weighted by molar-refractivity contribution is 5.81. The Morgan fingerprint density at radius 3 is 2.73 bits per heavy atom. The van der Waals surface area contributed by atoms with E-state index in [1.54, 1.807) is 0 Å². The Kier molecular flexibility index (Phi) is 4.48. The van der Waals surface area contributed by atoms with Crippen molar-refractivity contribution in [2.75, 3.05) is 19.7 Å². The molecule has 1 aromatic carbocycles. The number of aromatic amines is 1. The maximum absolute atomic E-state index is 12.9. The lowest BCUT2D eigenvalue weighted by atomic mass is 10.1. The topological polar surface area (TPSA) is 46.5 Å². The third-order valence-electron chi connectivity index (χ3n) is 4.58. The van der Waals surface area contributed by atoms with Gasteiger partial charge in [0.15, 0.2) is 5.43 Å². The Labute approximate surface area is 131 Å². The highest BCUT2D eigenvalue weighted by atomic mass is 16.5. The van der Waals surface area contributed by atoms with Crippen LogP contribution in [0.2, 0.25) is 0 Å². The molecule has 0 aliphatic carbocycles. The van der Waals surface area contributed by atoms with Crippen LogP contribution in [0.25, 0.3) is 10.9 Å². The number of aryl methyl sites for hydroxylation is 1. The summed E-state index contributed by atoms with van der Waals surface area (Å²) in [5.41, 5.74) is 2.98. The number of fused-ring (bicyclic) bond motifs is 1. The van der Waals surface area contributed by atoms with E-state index in [0.717, 1.165) is 34.5 Å². The van der Waals surface area contributed by atoms with E-state index in [1.807, 2.05) is 32.0 Å². The molecule has 22 heavy (non-hydrogen) atoms. The number of ether oxygens (including phenoxy) is 1. The SMILES string of the molecule is CCOc1ccc2[nH]c(C)c(C[NH+]3CCCCC3)c(=O)c2c1. The summed E-state index contributed by atoms with van der Waals surface area (Å²) in [6.45, 7) is 7.76. The number of likely N-dealkylation sites (tertiary alicyclic amines) is 1. The van der Waals surface area contributed by atoms with E-state index in [0.29, 0.717) is 6.61 Å². The molecule has 1 saturated heterocycles. The molecule has 3 rings (SSSR count). The number of piperidine rings is 1. The second-order valence-corrected chi connectivity index (χ2v) is 6.19. The van der Waals surface area contributed by atoms with E-state index in [2.05, 4.69) is 4.98 Å². The molecule has 4 heteroatoms. The van der Waals surface area contributed by atoms with Crippen molar-refractivity contribution < 1.29 is 9.64 Å². The van der Waals surface area contributed by atoms with Gasteiger partial charge in [0.2, 0.25) is 0 Å². The zero-order valence-electron chi connectivity index (χ0n) is 13.5. The summed E-state index contributed by atoms with van der Waals surface area (Å²) in [5.74, 6) is 0.764. The van der Waals surface area contributed by atoms with Crippen molar-refractivity contribution in [3.63, 3.8) is 0 Å². The van der Waals surface area contributed by atoms with Crippen LogP contribution in [-0.4, -0.2) is 24.7 Å². The minimum absolute atomic E-state index is 0.158. The fourth-order valence-electron chi connectivity index (χ4n) is 3.38. The first-order valence-electron chi connectivity index (χ1n) is 8.31. The van der Waals surface area contributed by atoms with Crippen molar-refractivity contribution in [1.82, 2.24) is 4.98 Å². The van der Waals surface area contributed by atoms with Gasteiger partial charge in [0, 0.05) is 16.6 Å². The third kappa shape index (κ3) is 3.02. The van der Waals surface area contributed by atoms with Gasteiger partial charge in [0.1, 0.15) is 12.3 Å². The van der Waals surface area contributed by atoms with E-state index in [4.69, 9.17) is 4.74 Å². The average Bonchev–Trinajstić information content (AvgIpc) is 2.53. The Balaban J connectivity index is 1.99. The molecule has 1 aliphatic rings. The predicted molar refractivity (Wildman–Crippen MR) is 88.7 cm³/mol. The van der Waals surface area contributed by atoms with E-state index in [9.17, 15) is 4.79 Å². The Bertz CT molecular complexity index is 715. The summed E-state index contributed by atoms with van der Waals surface area (Å²) in [4.78, 5) is 17.8. The number of nitrogens with one attached hydrogen (secondary N) is 2. The highest BCUT2D eigenvalue weighted by Gasteiger charge is 2.18. The standard InChI is InChI=1S/C18H24N2O2/c1-3-22-14-7-8-17-15(11-14)18(21)16(13(2)19-17)12-20-9-5-4-6-10-20/h7-8,11H,3-6,9-10,12H2,1-2H3,(H,19,21)/p+1. The molecule has 1 aromatic heterocycles. The predicted octanol–water partition coefficient (Wildman–Crippen LogP) is 1.80. The molecule has 0 spiro atoms. The number of benzene rings is 1. The number of hydrogen-bond acceptors (Lipinski definition) is 2.